The zero-order valence-electron chi connectivity index (χ0n) is 11.0. The smallest absolute Gasteiger partial charge is 0.308 e. The van der Waals surface area contributed by atoms with E-state index in [1.54, 1.807) is 12.1 Å². The van der Waals surface area contributed by atoms with Crippen molar-refractivity contribution in [3.05, 3.63) is 65.9 Å². The molecule has 2 N–H and O–H groups in total. The van der Waals surface area contributed by atoms with E-state index in [0.29, 0.717) is 10.8 Å². The number of urea groups is 1. The highest BCUT2D eigenvalue weighted by Gasteiger charge is 2.06. The van der Waals surface area contributed by atoms with Crippen LogP contribution in [0, 0.1) is 0 Å². The largest absolute Gasteiger partial charge is 0.323 e. The van der Waals surface area contributed by atoms with Crippen LogP contribution in [0.25, 0.3) is 10.8 Å². The molecule has 2 aromatic carbocycles. The van der Waals surface area contributed by atoms with Gasteiger partial charge in [0.15, 0.2) is 0 Å². The number of aromatic nitrogens is 1. The molecular weight excluding hydrogens is 286 g/mol. The Morgan fingerprint density at radius 1 is 1.00 bits per heavy atom. The normalized spacial score (nSPS) is 10.3. The number of halogens is 1. The van der Waals surface area contributed by atoms with Gasteiger partial charge in [-0.15, -0.1) is 0 Å². The van der Waals surface area contributed by atoms with Crippen molar-refractivity contribution in [2.24, 2.45) is 0 Å². The van der Waals surface area contributed by atoms with E-state index in [1.165, 1.54) is 6.20 Å². The van der Waals surface area contributed by atoms with Crippen molar-refractivity contribution in [2.45, 2.75) is 0 Å². The highest BCUT2D eigenvalue weighted by Crippen LogP contribution is 2.23. The molecular formula is C16H12ClN3O. The minimum atomic E-state index is -0.325. The minimum absolute atomic E-state index is 0.325. The van der Waals surface area contributed by atoms with Crippen molar-refractivity contribution in [1.82, 2.24) is 4.98 Å². The zero-order chi connectivity index (χ0) is 14.7. The first-order valence-corrected chi connectivity index (χ1v) is 6.77. The van der Waals surface area contributed by atoms with Crippen molar-refractivity contribution in [1.29, 1.82) is 0 Å². The lowest BCUT2D eigenvalue weighted by Gasteiger charge is -2.10. The molecule has 2 amide bonds. The van der Waals surface area contributed by atoms with Gasteiger partial charge < -0.3 is 10.6 Å². The van der Waals surface area contributed by atoms with E-state index in [-0.39, 0.29) is 6.03 Å². The first-order valence-electron chi connectivity index (χ1n) is 6.40. The fourth-order valence-corrected chi connectivity index (χ4v) is 2.27. The summed E-state index contributed by atoms with van der Waals surface area (Å²) < 4.78 is 0. The first kappa shape index (κ1) is 13.4. The Morgan fingerprint density at radius 2 is 1.81 bits per heavy atom. The van der Waals surface area contributed by atoms with E-state index in [0.717, 1.165) is 16.5 Å². The molecule has 21 heavy (non-hydrogen) atoms. The third-order valence-corrected chi connectivity index (χ3v) is 3.23. The Hall–Kier alpha value is -2.59. The summed E-state index contributed by atoms with van der Waals surface area (Å²) in [7, 11) is 0. The summed E-state index contributed by atoms with van der Waals surface area (Å²) in [5.41, 5.74) is 1.35. The van der Waals surface area contributed by atoms with Crippen molar-refractivity contribution in [3.8, 4) is 0 Å². The second kappa shape index (κ2) is 5.81. The summed E-state index contributed by atoms with van der Waals surface area (Å²) in [5, 5.41) is 7.95. The molecule has 1 heterocycles. The Balaban J connectivity index is 1.80. The number of benzene rings is 2. The number of carbonyl (C=O) groups is 1. The molecule has 0 aliphatic rings. The van der Waals surface area contributed by atoms with Crippen LogP contribution in [0.1, 0.15) is 0 Å². The van der Waals surface area contributed by atoms with Gasteiger partial charge in [0.05, 0.1) is 5.69 Å². The van der Waals surface area contributed by atoms with Crippen LogP contribution in [0.5, 0.6) is 0 Å². The average Bonchev–Trinajstić information content (AvgIpc) is 2.47. The number of nitrogens with zero attached hydrogens (tertiary/aromatic N) is 1. The topological polar surface area (TPSA) is 54.0 Å². The maximum Gasteiger partial charge on any atom is 0.323 e. The van der Waals surface area contributed by atoms with Crippen LogP contribution in [0.2, 0.25) is 5.15 Å². The molecule has 0 fully saturated rings. The van der Waals surface area contributed by atoms with Crippen LogP contribution in [-0.4, -0.2) is 11.0 Å². The SMILES string of the molecule is O=C(Nc1ccnc(Cl)c1)Nc1cccc2ccccc12. The van der Waals surface area contributed by atoms with Crippen LogP contribution in [0.4, 0.5) is 16.2 Å². The van der Waals surface area contributed by atoms with Gasteiger partial charge in [-0.1, -0.05) is 48.0 Å². The number of rotatable bonds is 2. The highest BCUT2D eigenvalue weighted by atomic mass is 35.5. The summed E-state index contributed by atoms with van der Waals surface area (Å²) in [4.78, 5) is 15.9. The maximum absolute atomic E-state index is 12.1. The number of anilines is 2. The van der Waals surface area contributed by atoms with Gasteiger partial charge in [-0.25, -0.2) is 9.78 Å². The lowest BCUT2D eigenvalue weighted by Crippen LogP contribution is -2.19. The molecule has 5 heteroatoms. The monoisotopic (exact) mass is 297 g/mol. The molecule has 3 rings (SSSR count). The predicted molar refractivity (Wildman–Crippen MR) is 85.8 cm³/mol. The Morgan fingerprint density at radius 3 is 2.67 bits per heavy atom. The maximum atomic E-state index is 12.1. The van der Waals surface area contributed by atoms with Crippen LogP contribution in [0.3, 0.4) is 0 Å². The van der Waals surface area contributed by atoms with Crippen molar-refractivity contribution >= 4 is 39.8 Å². The molecule has 0 aliphatic heterocycles. The molecule has 0 radical (unpaired) electrons. The minimum Gasteiger partial charge on any atom is -0.308 e. The van der Waals surface area contributed by atoms with E-state index < -0.39 is 0 Å². The molecule has 0 bridgehead atoms. The van der Waals surface area contributed by atoms with Gasteiger partial charge in [0, 0.05) is 17.3 Å². The second-order valence-corrected chi connectivity index (χ2v) is 4.86. The Bertz CT molecular complexity index is 799. The summed E-state index contributed by atoms with van der Waals surface area (Å²) in [6.45, 7) is 0. The summed E-state index contributed by atoms with van der Waals surface area (Å²) in [6, 6.07) is 16.6. The van der Waals surface area contributed by atoms with Gasteiger partial charge in [0.2, 0.25) is 0 Å². The van der Waals surface area contributed by atoms with Crippen molar-refractivity contribution < 1.29 is 4.79 Å². The van der Waals surface area contributed by atoms with Crippen molar-refractivity contribution in [3.63, 3.8) is 0 Å². The number of amides is 2. The second-order valence-electron chi connectivity index (χ2n) is 4.47. The van der Waals surface area contributed by atoms with E-state index in [9.17, 15) is 4.79 Å². The average molecular weight is 298 g/mol. The highest BCUT2D eigenvalue weighted by molar-refractivity contribution is 6.29. The third-order valence-electron chi connectivity index (χ3n) is 3.02. The van der Waals surface area contributed by atoms with Gasteiger partial charge in [0.25, 0.3) is 0 Å². The summed E-state index contributed by atoms with van der Waals surface area (Å²) in [6.07, 6.45) is 1.54. The predicted octanol–water partition coefficient (Wildman–Crippen LogP) is 4.53. The lowest BCUT2D eigenvalue weighted by molar-refractivity contribution is 0.262. The number of nitrogens with one attached hydrogen (secondary N) is 2. The molecule has 0 atom stereocenters. The van der Waals surface area contributed by atoms with Crippen LogP contribution >= 0.6 is 11.6 Å². The molecule has 3 aromatic rings. The number of carbonyl (C=O) groups excluding carboxylic acids is 1. The van der Waals surface area contributed by atoms with E-state index in [4.69, 9.17) is 11.6 Å². The van der Waals surface area contributed by atoms with Gasteiger partial charge in [-0.3, -0.25) is 0 Å². The lowest BCUT2D eigenvalue weighted by atomic mass is 10.1. The van der Waals surface area contributed by atoms with E-state index in [2.05, 4.69) is 15.6 Å². The molecule has 104 valence electrons. The summed E-state index contributed by atoms with van der Waals surface area (Å²) in [5.74, 6) is 0. The van der Waals surface area contributed by atoms with Crippen LogP contribution in [-0.2, 0) is 0 Å². The molecule has 0 saturated carbocycles. The van der Waals surface area contributed by atoms with Crippen LogP contribution < -0.4 is 10.6 Å². The first-order chi connectivity index (χ1) is 10.2. The standard InChI is InChI=1S/C16H12ClN3O/c17-15-10-12(8-9-18-15)19-16(21)20-14-7-3-5-11-4-1-2-6-13(11)14/h1-10H,(H2,18,19,20,21). The van der Waals surface area contributed by atoms with Gasteiger partial charge in [-0.05, 0) is 23.6 Å². The fraction of sp³-hybridized carbons (Fsp3) is 0. The number of hydrogen-bond donors (Lipinski definition) is 2. The zero-order valence-corrected chi connectivity index (χ0v) is 11.8. The van der Waals surface area contributed by atoms with Gasteiger partial charge in [-0.2, -0.15) is 0 Å². The molecule has 0 unspecified atom stereocenters. The third kappa shape index (κ3) is 3.12. The molecule has 0 saturated heterocycles. The quantitative estimate of drug-likeness (QED) is 0.683. The van der Waals surface area contributed by atoms with Gasteiger partial charge in [0.1, 0.15) is 5.15 Å². The number of pyridine rings is 1. The van der Waals surface area contributed by atoms with E-state index in [1.807, 2.05) is 42.5 Å². The molecule has 0 spiro atoms. The molecule has 0 aliphatic carbocycles. The van der Waals surface area contributed by atoms with Crippen molar-refractivity contribution in [2.75, 3.05) is 10.6 Å². The Kier molecular flexibility index (Phi) is 3.71. The van der Waals surface area contributed by atoms with E-state index >= 15 is 0 Å². The molecule has 4 nitrogen and oxygen atoms in total. The fourth-order valence-electron chi connectivity index (χ4n) is 2.10. The van der Waals surface area contributed by atoms with Gasteiger partial charge >= 0.3 is 6.03 Å². The number of hydrogen-bond acceptors (Lipinski definition) is 2. The molecule has 1 aromatic heterocycles. The Labute approximate surface area is 126 Å². The van der Waals surface area contributed by atoms with Crippen LogP contribution in [0.15, 0.2) is 60.8 Å². The summed E-state index contributed by atoms with van der Waals surface area (Å²) >= 11 is 5.78. The number of fused-ring (bicyclic) bond motifs is 1.